The van der Waals surface area contributed by atoms with Crippen molar-refractivity contribution in [3.8, 4) is 0 Å². The van der Waals surface area contributed by atoms with Crippen LogP contribution in [0.1, 0.15) is 40.3 Å². The van der Waals surface area contributed by atoms with E-state index in [1.165, 1.54) is 0 Å². The molecule has 0 aromatic carbocycles. The van der Waals surface area contributed by atoms with Gasteiger partial charge in [-0.15, -0.1) is 0 Å². The van der Waals surface area contributed by atoms with Gasteiger partial charge in [-0.25, -0.2) is 4.79 Å². The van der Waals surface area contributed by atoms with E-state index < -0.39 is 5.60 Å². The van der Waals surface area contributed by atoms with Crippen LogP contribution in [0.15, 0.2) is 24.4 Å². The van der Waals surface area contributed by atoms with E-state index in [1.54, 1.807) is 6.20 Å². The van der Waals surface area contributed by atoms with Crippen LogP contribution in [-0.4, -0.2) is 29.3 Å². The first-order chi connectivity index (χ1) is 9.78. The molecule has 0 fully saturated rings. The van der Waals surface area contributed by atoms with Gasteiger partial charge in [0.2, 0.25) is 0 Å². The molecular formula is C16H27N3O2. The Labute approximate surface area is 127 Å². The first-order valence-electron chi connectivity index (χ1n) is 7.38. The standard InChI is InChI=1S/C16H27N3O2/c1-12(2)14(11-19-15(20)21-16(3,4)5)18-10-13-8-6-7-9-17-13/h6-9,12,14,18H,10-11H2,1-5H3,(H,19,20). The van der Waals surface area contributed by atoms with Crippen LogP contribution in [0, 0.1) is 5.92 Å². The van der Waals surface area contributed by atoms with Crippen molar-refractivity contribution >= 4 is 6.09 Å². The van der Waals surface area contributed by atoms with Gasteiger partial charge in [-0.2, -0.15) is 0 Å². The average Bonchev–Trinajstić information content (AvgIpc) is 2.37. The lowest BCUT2D eigenvalue weighted by molar-refractivity contribution is 0.0519. The fourth-order valence-electron chi connectivity index (χ4n) is 1.79. The van der Waals surface area contributed by atoms with Gasteiger partial charge in [0, 0.05) is 25.3 Å². The molecule has 0 aliphatic heterocycles. The maximum Gasteiger partial charge on any atom is 0.407 e. The molecule has 1 aromatic heterocycles. The van der Waals surface area contributed by atoms with Crippen LogP contribution < -0.4 is 10.6 Å². The molecule has 5 heteroatoms. The summed E-state index contributed by atoms with van der Waals surface area (Å²) in [4.78, 5) is 16.0. The largest absolute Gasteiger partial charge is 0.444 e. The first kappa shape index (κ1) is 17.4. The maximum atomic E-state index is 11.7. The lowest BCUT2D eigenvalue weighted by Crippen LogP contribution is -2.45. The average molecular weight is 293 g/mol. The molecule has 21 heavy (non-hydrogen) atoms. The number of nitrogens with zero attached hydrogens (tertiary/aromatic N) is 1. The van der Waals surface area contributed by atoms with Crippen molar-refractivity contribution in [2.24, 2.45) is 5.92 Å². The van der Waals surface area contributed by atoms with Gasteiger partial charge in [0.05, 0.1) is 5.69 Å². The highest BCUT2D eigenvalue weighted by atomic mass is 16.6. The third-order valence-electron chi connectivity index (χ3n) is 2.94. The number of pyridine rings is 1. The number of hydrogen-bond acceptors (Lipinski definition) is 4. The maximum absolute atomic E-state index is 11.7. The van der Waals surface area contributed by atoms with Crippen molar-refractivity contribution < 1.29 is 9.53 Å². The molecule has 5 nitrogen and oxygen atoms in total. The van der Waals surface area contributed by atoms with Crippen LogP contribution in [0.3, 0.4) is 0 Å². The number of hydrogen-bond donors (Lipinski definition) is 2. The summed E-state index contributed by atoms with van der Waals surface area (Å²) in [6.07, 6.45) is 1.40. The number of rotatable bonds is 6. The zero-order valence-electron chi connectivity index (χ0n) is 13.6. The number of ether oxygens (including phenoxy) is 1. The molecule has 0 saturated carbocycles. The number of alkyl carbamates (subject to hydrolysis) is 1. The fourth-order valence-corrected chi connectivity index (χ4v) is 1.79. The zero-order chi connectivity index (χ0) is 15.9. The lowest BCUT2D eigenvalue weighted by atomic mass is 10.0. The second kappa shape index (κ2) is 7.98. The third kappa shape index (κ3) is 7.66. The minimum absolute atomic E-state index is 0.166. The Morgan fingerprint density at radius 3 is 2.57 bits per heavy atom. The predicted molar refractivity (Wildman–Crippen MR) is 83.9 cm³/mol. The monoisotopic (exact) mass is 293 g/mol. The second-order valence-electron chi connectivity index (χ2n) is 6.44. The van der Waals surface area contributed by atoms with Crippen molar-refractivity contribution in [3.63, 3.8) is 0 Å². The van der Waals surface area contributed by atoms with Crippen molar-refractivity contribution in [2.75, 3.05) is 6.54 Å². The van der Waals surface area contributed by atoms with E-state index in [-0.39, 0.29) is 12.1 Å². The zero-order valence-corrected chi connectivity index (χ0v) is 13.6. The van der Waals surface area contributed by atoms with Crippen molar-refractivity contribution in [2.45, 2.75) is 52.8 Å². The molecule has 0 spiro atoms. The van der Waals surface area contributed by atoms with Crippen LogP contribution in [0.4, 0.5) is 4.79 Å². The minimum Gasteiger partial charge on any atom is -0.444 e. The van der Waals surface area contributed by atoms with Crippen LogP contribution in [0.2, 0.25) is 0 Å². The molecule has 0 bridgehead atoms. The smallest absolute Gasteiger partial charge is 0.407 e. The Balaban J connectivity index is 2.42. The van der Waals surface area contributed by atoms with E-state index in [2.05, 4.69) is 29.5 Å². The summed E-state index contributed by atoms with van der Waals surface area (Å²) in [5.74, 6) is 0.392. The van der Waals surface area contributed by atoms with E-state index in [9.17, 15) is 4.79 Å². The van der Waals surface area contributed by atoms with E-state index in [0.29, 0.717) is 19.0 Å². The van der Waals surface area contributed by atoms with Crippen LogP contribution in [0.25, 0.3) is 0 Å². The molecular weight excluding hydrogens is 266 g/mol. The van der Waals surface area contributed by atoms with E-state index in [4.69, 9.17) is 4.74 Å². The summed E-state index contributed by atoms with van der Waals surface area (Å²) in [6, 6.07) is 6.01. The molecule has 1 unspecified atom stereocenters. The van der Waals surface area contributed by atoms with Crippen molar-refractivity contribution in [1.29, 1.82) is 0 Å². The minimum atomic E-state index is -0.473. The molecule has 2 N–H and O–H groups in total. The van der Waals surface area contributed by atoms with E-state index in [1.807, 2.05) is 39.0 Å². The van der Waals surface area contributed by atoms with Gasteiger partial charge in [0.15, 0.2) is 0 Å². The summed E-state index contributed by atoms with van der Waals surface area (Å²) < 4.78 is 5.24. The quantitative estimate of drug-likeness (QED) is 0.846. The SMILES string of the molecule is CC(C)C(CNC(=O)OC(C)(C)C)NCc1ccccn1. The van der Waals surface area contributed by atoms with Crippen molar-refractivity contribution in [1.82, 2.24) is 15.6 Å². The normalized spacial score (nSPS) is 13.0. The van der Waals surface area contributed by atoms with Crippen LogP contribution >= 0.6 is 0 Å². The number of carbonyl (C=O) groups is 1. The third-order valence-corrected chi connectivity index (χ3v) is 2.94. The highest BCUT2D eigenvalue weighted by Crippen LogP contribution is 2.07. The van der Waals surface area contributed by atoms with Gasteiger partial charge in [-0.3, -0.25) is 4.98 Å². The Kier molecular flexibility index (Phi) is 6.62. The predicted octanol–water partition coefficient (Wildman–Crippen LogP) is 2.72. The second-order valence-corrected chi connectivity index (χ2v) is 6.44. The van der Waals surface area contributed by atoms with Crippen molar-refractivity contribution in [3.05, 3.63) is 30.1 Å². The van der Waals surface area contributed by atoms with Gasteiger partial charge in [0.1, 0.15) is 5.60 Å². The first-order valence-corrected chi connectivity index (χ1v) is 7.38. The molecule has 1 heterocycles. The number of aromatic nitrogens is 1. The summed E-state index contributed by atoms with van der Waals surface area (Å²) in [6.45, 7) is 11.0. The molecule has 0 saturated heterocycles. The molecule has 1 amide bonds. The highest BCUT2D eigenvalue weighted by molar-refractivity contribution is 5.67. The Morgan fingerprint density at radius 2 is 2.05 bits per heavy atom. The fraction of sp³-hybridized carbons (Fsp3) is 0.625. The Bertz CT molecular complexity index is 427. The molecule has 1 aromatic rings. The molecule has 118 valence electrons. The van der Waals surface area contributed by atoms with Gasteiger partial charge in [-0.1, -0.05) is 19.9 Å². The van der Waals surface area contributed by atoms with Gasteiger partial charge in [-0.05, 0) is 38.8 Å². The Hall–Kier alpha value is -1.62. The molecule has 1 rings (SSSR count). The van der Waals surface area contributed by atoms with Gasteiger partial charge >= 0.3 is 6.09 Å². The summed E-state index contributed by atoms with van der Waals surface area (Å²) in [7, 11) is 0. The van der Waals surface area contributed by atoms with Gasteiger partial charge < -0.3 is 15.4 Å². The highest BCUT2D eigenvalue weighted by Gasteiger charge is 2.18. The number of nitrogens with one attached hydrogen (secondary N) is 2. The molecule has 0 radical (unpaired) electrons. The summed E-state index contributed by atoms with van der Waals surface area (Å²) in [5, 5.41) is 6.23. The number of carbonyl (C=O) groups excluding carboxylic acids is 1. The summed E-state index contributed by atoms with van der Waals surface area (Å²) >= 11 is 0. The van der Waals surface area contributed by atoms with E-state index >= 15 is 0 Å². The molecule has 0 aliphatic rings. The van der Waals surface area contributed by atoms with Crippen LogP contribution in [-0.2, 0) is 11.3 Å². The van der Waals surface area contributed by atoms with Gasteiger partial charge in [0.25, 0.3) is 0 Å². The van der Waals surface area contributed by atoms with Crippen LogP contribution in [0.5, 0.6) is 0 Å². The molecule has 1 atom stereocenters. The lowest BCUT2D eigenvalue weighted by Gasteiger charge is -2.24. The van der Waals surface area contributed by atoms with E-state index in [0.717, 1.165) is 5.69 Å². The number of amides is 1. The Morgan fingerprint density at radius 1 is 1.33 bits per heavy atom. The molecule has 0 aliphatic carbocycles. The summed E-state index contributed by atoms with van der Waals surface area (Å²) in [5.41, 5.74) is 0.513. The topological polar surface area (TPSA) is 63.2 Å².